The maximum Gasteiger partial charge on any atom is 0.335 e. The summed E-state index contributed by atoms with van der Waals surface area (Å²) < 4.78 is 11.3. The van der Waals surface area contributed by atoms with Crippen molar-refractivity contribution in [3.63, 3.8) is 0 Å². The van der Waals surface area contributed by atoms with Crippen molar-refractivity contribution >= 4 is 17.3 Å². The third-order valence-electron chi connectivity index (χ3n) is 4.89. The number of nitrogens with zero attached hydrogens (tertiary/aromatic N) is 1. The van der Waals surface area contributed by atoms with Crippen LogP contribution in [0.3, 0.4) is 0 Å². The van der Waals surface area contributed by atoms with Gasteiger partial charge in [-0.2, -0.15) is 0 Å². The summed E-state index contributed by atoms with van der Waals surface area (Å²) in [4.78, 5) is 16.1. The Hall–Kier alpha value is -3.64. The molecule has 30 heavy (non-hydrogen) atoms. The standard InChI is InChI=1S/C24H17NO4S/c26-24(27)19-6-2-4-16(12-19)15-3-1-5-17(11-15)20-14-30-23(25-20)18-7-8-21-22(13-18)29-10-9-28-21/h1-8,11-14H,9-10H2,(H,26,27). The van der Waals surface area contributed by atoms with Gasteiger partial charge in [-0.3, -0.25) is 0 Å². The van der Waals surface area contributed by atoms with Gasteiger partial charge in [0.15, 0.2) is 11.5 Å². The van der Waals surface area contributed by atoms with Gasteiger partial charge in [0.25, 0.3) is 0 Å². The molecule has 0 saturated carbocycles. The first-order chi connectivity index (χ1) is 14.7. The number of carboxylic acid groups (broad SMARTS) is 1. The van der Waals surface area contributed by atoms with E-state index in [1.54, 1.807) is 29.5 Å². The summed E-state index contributed by atoms with van der Waals surface area (Å²) in [7, 11) is 0. The highest BCUT2D eigenvalue weighted by Gasteiger charge is 2.15. The molecular weight excluding hydrogens is 398 g/mol. The highest BCUT2D eigenvalue weighted by atomic mass is 32.1. The fraction of sp³-hybridized carbons (Fsp3) is 0.0833. The first kappa shape index (κ1) is 18.4. The molecule has 5 rings (SSSR count). The SMILES string of the molecule is O=C(O)c1cccc(-c2cccc(-c3csc(-c4ccc5c(c4)OCCO5)n3)c2)c1. The molecule has 4 aromatic rings. The average molecular weight is 415 g/mol. The number of benzene rings is 3. The Labute approximate surface area is 177 Å². The normalized spacial score (nSPS) is 12.5. The minimum absolute atomic E-state index is 0.271. The third kappa shape index (κ3) is 3.53. The monoisotopic (exact) mass is 415 g/mol. The molecule has 3 aromatic carbocycles. The van der Waals surface area contributed by atoms with Crippen LogP contribution < -0.4 is 9.47 Å². The van der Waals surface area contributed by atoms with Crippen LogP contribution in [-0.2, 0) is 0 Å². The lowest BCUT2D eigenvalue weighted by atomic mass is 10.0. The van der Waals surface area contributed by atoms with Crippen molar-refractivity contribution in [1.82, 2.24) is 4.98 Å². The van der Waals surface area contributed by atoms with Crippen molar-refractivity contribution in [1.29, 1.82) is 0 Å². The molecule has 0 bridgehead atoms. The molecule has 0 aliphatic carbocycles. The molecule has 148 valence electrons. The maximum atomic E-state index is 11.3. The average Bonchev–Trinajstić information content (AvgIpc) is 3.29. The summed E-state index contributed by atoms with van der Waals surface area (Å²) in [5.74, 6) is 0.574. The van der Waals surface area contributed by atoms with Crippen molar-refractivity contribution in [3.05, 3.63) is 77.7 Å². The lowest BCUT2D eigenvalue weighted by molar-refractivity contribution is 0.0697. The Bertz CT molecular complexity index is 1250. The summed E-state index contributed by atoms with van der Waals surface area (Å²) in [6.45, 7) is 1.12. The minimum Gasteiger partial charge on any atom is -0.486 e. The van der Waals surface area contributed by atoms with Crippen LogP contribution in [0.1, 0.15) is 10.4 Å². The van der Waals surface area contributed by atoms with Crippen molar-refractivity contribution in [3.8, 4) is 44.5 Å². The molecule has 2 heterocycles. The molecule has 6 heteroatoms. The third-order valence-corrected chi connectivity index (χ3v) is 5.79. The first-order valence-corrected chi connectivity index (χ1v) is 10.3. The Morgan fingerprint density at radius 2 is 1.57 bits per heavy atom. The van der Waals surface area contributed by atoms with Crippen molar-refractivity contribution < 1.29 is 19.4 Å². The smallest absolute Gasteiger partial charge is 0.335 e. The van der Waals surface area contributed by atoms with Gasteiger partial charge in [0.1, 0.15) is 18.2 Å². The lowest BCUT2D eigenvalue weighted by Crippen LogP contribution is -2.15. The first-order valence-electron chi connectivity index (χ1n) is 9.47. The zero-order valence-corrected chi connectivity index (χ0v) is 16.7. The highest BCUT2D eigenvalue weighted by molar-refractivity contribution is 7.13. The van der Waals surface area contributed by atoms with Crippen LogP contribution in [0, 0.1) is 0 Å². The minimum atomic E-state index is -0.934. The second kappa shape index (κ2) is 7.65. The summed E-state index contributed by atoms with van der Waals surface area (Å²) in [5, 5.41) is 12.2. The van der Waals surface area contributed by atoms with Crippen LogP contribution in [0.5, 0.6) is 11.5 Å². The van der Waals surface area contributed by atoms with Crippen molar-refractivity contribution in [2.24, 2.45) is 0 Å². The summed E-state index contributed by atoms with van der Waals surface area (Å²) in [6, 6.07) is 20.8. The molecule has 0 radical (unpaired) electrons. The Morgan fingerprint density at radius 3 is 2.40 bits per heavy atom. The number of fused-ring (bicyclic) bond motifs is 1. The lowest BCUT2D eigenvalue weighted by Gasteiger charge is -2.18. The molecule has 1 aliphatic rings. The van der Waals surface area contributed by atoms with Crippen molar-refractivity contribution in [2.45, 2.75) is 0 Å². The number of rotatable bonds is 4. The van der Waals surface area contributed by atoms with E-state index in [1.807, 2.05) is 53.9 Å². The van der Waals surface area contributed by atoms with Gasteiger partial charge in [-0.05, 0) is 47.5 Å². The topological polar surface area (TPSA) is 68.7 Å². The van der Waals surface area contributed by atoms with E-state index < -0.39 is 5.97 Å². The summed E-state index contributed by atoms with van der Waals surface area (Å²) >= 11 is 1.57. The number of aromatic nitrogens is 1. The predicted octanol–water partition coefficient (Wildman–Crippen LogP) is 5.61. The maximum absolute atomic E-state index is 11.3. The van der Waals surface area contributed by atoms with E-state index in [0.717, 1.165) is 44.5 Å². The van der Waals surface area contributed by atoms with Crippen LogP contribution in [0.2, 0.25) is 0 Å². The fourth-order valence-electron chi connectivity index (χ4n) is 3.41. The van der Waals surface area contributed by atoms with E-state index in [9.17, 15) is 9.90 Å². The molecular formula is C24H17NO4S. The number of thiazole rings is 1. The van der Waals surface area contributed by atoms with E-state index in [2.05, 4.69) is 0 Å². The zero-order valence-electron chi connectivity index (χ0n) is 15.9. The quantitative estimate of drug-likeness (QED) is 0.469. The summed E-state index contributed by atoms with van der Waals surface area (Å²) in [5.41, 5.74) is 4.92. The number of carbonyl (C=O) groups is 1. The van der Waals surface area contributed by atoms with Gasteiger partial charge < -0.3 is 14.6 Å². The molecule has 0 spiro atoms. The zero-order chi connectivity index (χ0) is 20.5. The van der Waals surface area contributed by atoms with Crippen LogP contribution in [0.15, 0.2) is 72.1 Å². The molecule has 1 N–H and O–H groups in total. The van der Waals surface area contributed by atoms with Gasteiger partial charge in [-0.25, -0.2) is 9.78 Å². The summed E-state index contributed by atoms with van der Waals surface area (Å²) in [6.07, 6.45) is 0. The molecule has 5 nitrogen and oxygen atoms in total. The van der Waals surface area contributed by atoms with E-state index >= 15 is 0 Å². The fourth-order valence-corrected chi connectivity index (χ4v) is 4.23. The van der Waals surface area contributed by atoms with Gasteiger partial charge in [-0.1, -0.05) is 30.3 Å². The van der Waals surface area contributed by atoms with E-state index in [1.165, 1.54) is 0 Å². The molecule has 1 aliphatic heterocycles. The van der Waals surface area contributed by atoms with E-state index in [-0.39, 0.29) is 5.56 Å². The van der Waals surface area contributed by atoms with Gasteiger partial charge in [0.05, 0.1) is 11.3 Å². The number of hydrogen-bond donors (Lipinski definition) is 1. The second-order valence-electron chi connectivity index (χ2n) is 6.86. The molecule has 0 atom stereocenters. The predicted molar refractivity (Wildman–Crippen MR) is 116 cm³/mol. The largest absolute Gasteiger partial charge is 0.486 e. The van der Waals surface area contributed by atoms with Crippen LogP contribution in [0.4, 0.5) is 0 Å². The van der Waals surface area contributed by atoms with Gasteiger partial charge in [0.2, 0.25) is 0 Å². The van der Waals surface area contributed by atoms with E-state index in [0.29, 0.717) is 13.2 Å². The van der Waals surface area contributed by atoms with Gasteiger partial charge >= 0.3 is 5.97 Å². The molecule has 0 fully saturated rings. The Balaban J connectivity index is 1.46. The van der Waals surface area contributed by atoms with Crippen LogP contribution >= 0.6 is 11.3 Å². The number of hydrogen-bond acceptors (Lipinski definition) is 5. The van der Waals surface area contributed by atoms with E-state index in [4.69, 9.17) is 14.5 Å². The van der Waals surface area contributed by atoms with Crippen LogP contribution in [-0.4, -0.2) is 29.3 Å². The Morgan fingerprint density at radius 1 is 0.833 bits per heavy atom. The number of aromatic carboxylic acids is 1. The molecule has 0 unspecified atom stereocenters. The second-order valence-corrected chi connectivity index (χ2v) is 7.72. The van der Waals surface area contributed by atoms with Gasteiger partial charge in [0, 0.05) is 16.5 Å². The number of carboxylic acids is 1. The number of ether oxygens (including phenoxy) is 2. The van der Waals surface area contributed by atoms with Crippen LogP contribution in [0.25, 0.3) is 33.0 Å². The molecule has 0 amide bonds. The Kier molecular flexibility index (Phi) is 4.69. The molecule has 0 saturated heterocycles. The van der Waals surface area contributed by atoms with Gasteiger partial charge in [-0.15, -0.1) is 11.3 Å². The van der Waals surface area contributed by atoms with Crippen molar-refractivity contribution in [2.75, 3.05) is 13.2 Å². The highest BCUT2D eigenvalue weighted by Crippen LogP contribution is 2.37. The molecule has 1 aromatic heterocycles.